The van der Waals surface area contributed by atoms with Gasteiger partial charge in [-0.3, -0.25) is 4.79 Å². The fourth-order valence-electron chi connectivity index (χ4n) is 6.94. The van der Waals surface area contributed by atoms with Crippen LogP contribution in [0.1, 0.15) is 123 Å². The molecular weight excluding hydrogens is 787 g/mol. The van der Waals surface area contributed by atoms with E-state index in [1.165, 1.54) is 0 Å². The number of rotatable bonds is 32. The van der Waals surface area contributed by atoms with Gasteiger partial charge in [-0.15, -0.1) is 0 Å². The first kappa shape index (κ1) is 54.6. The first-order valence-corrected chi connectivity index (χ1v) is 22.7. The molecule has 0 spiro atoms. The molecule has 12 unspecified atom stereocenters. The summed E-state index contributed by atoms with van der Waals surface area (Å²) in [6.07, 6.45) is 24.2. The fraction of sp³-hybridized carbons (Fsp3) is 0.723. The summed E-state index contributed by atoms with van der Waals surface area (Å²) in [5, 5.41) is 86.0. The van der Waals surface area contributed by atoms with E-state index in [4.69, 9.17) is 18.9 Å². The van der Waals surface area contributed by atoms with Gasteiger partial charge in [0.1, 0.15) is 48.8 Å². The maximum absolute atomic E-state index is 13.0. The summed E-state index contributed by atoms with van der Waals surface area (Å²) in [5.74, 6) is -0.246. The molecule has 2 aliphatic rings. The number of aliphatic hydroxyl groups excluding tert-OH is 8. The van der Waals surface area contributed by atoms with Crippen LogP contribution in [0.3, 0.4) is 0 Å². The van der Waals surface area contributed by atoms with Crippen LogP contribution in [0.2, 0.25) is 0 Å². The zero-order chi connectivity index (χ0) is 44.7. The molecule has 0 aromatic heterocycles. The second-order valence-corrected chi connectivity index (χ2v) is 15.8. The third-order valence-corrected chi connectivity index (χ3v) is 10.7. The Morgan fingerprint density at radius 2 is 1.13 bits per heavy atom. The van der Waals surface area contributed by atoms with Gasteiger partial charge in [-0.1, -0.05) is 125 Å². The molecule has 350 valence electrons. The average molecular weight is 866 g/mol. The van der Waals surface area contributed by atoms with Gasteiger partial charge in [0.05, 0.1) is 32.0 Å². The highest BCUT2D eigenvalue weighted by Gasteiger charge is 2.51. The second-order valence-electron chi connectivity index (χ2n) is 15.8. The van der Waals surface area contributed by atoms with E-state index in [1.54, 1.807) is 0 Å². The first-order valence-electron chi connectivity index (χ1n) is 22.7. The molecule has 12 atom stereocenters. The molecule has 14 nitrogen and oxygen atoms in total. The molecular formula is C47H79NO13. The lowest BCUT2D eigenvalue weighted by Crippen LogP contribution is -2.65. The van der Waals surface area contributed by atoms with Crippen LogP contribution in [0.5, 0.6) is 0 Å². The molecule has 0 aromatic rings. The lowest BCUT2D eigenvalue weighted by atomic mass is 9.97. The quantitative estimate of drug-likeness (QED) is 0.0336. The van der Waals surface area contributed by atoms with Crippen LogP contribution < -0.4 is 5.32 Å². The van der Waals surface area contributed by atoms with E-state index in [-0.39, 0.29) is 18.9 Å². The maximum atomic E-state index is 13.0. The Balaban J connectivity index is 1.74. The Hall–Kier alpha value is -2.57. The van der Waals surface area contributed by atoms with Crippen LogP contribution in [0.4, 0.5) is 0 Å². The fourth-order valence-corrected chi connectivity index (χ4v) is 6.94. The van der Waals surface area contributed by atoms with Gasteiger partial charge in [-0.05, 0) is 64.2 Å². The number of amides is 1. The van der Waals surface area contributed by atoms with Crippen LogP contribution in [-0.2, 0) is 23.7 Å². The number of carbonyl (C=O) groups excluding carboxylic acids is 1. The Morgan fingerprint density at radius 1 is 0.607 bits per heavy atom. The molecule has 2 rings (SSSR count). The first-order chi connectivity index (χ1) is 29.6. The average Bonchev–Trinajstić information content (AvgIpc) is 3.26. The third-order valence-electron chi connectivity index (χ3n) is 10.7. The highest BCUT2D eigenvalue weighted by atomic mass is 16.7. The largest absolute Gasteiger partial charge is 0.394 e. The molecule has 2 aliphatic heterocycles. The molecule has 0 aliphatic carbocycles. The number of unbranched alkanes of at least 4 members (excludes halogenated alkanes) is 7. The maximum Gasteiger partial charge on any atom is 0.220 e. The van der Waals surface area contributed by atoms with Crippen molar-refractivity contribution in [2.45, 2.75) is 197 Å². The third kappa shape index (κ3) is 22.1. The SMILES string of the molecule is CC/C=C\C/C=C\C/C=C\C/C=C\C/C=C\C/C=C\CCCCCCC(=O)NC(COC1OC(CO)C(OC2OC(CO)C(O)C(O)C2O)C(O)C1O)C(O)CCCCCC. The molecule has 2 saturated heterocycles. The van der Waals surface area contributed by atoms with Crippen LogP contribution in [0.25, 0.3) is 0 Å². The van der Waals surface area contributed by atoms with Crippen LogP contribution in [0.15, 0.2) is 72.9 Å². The minimum atomic E-state index is -1.79. The van der Waals surface area contributed by atoms with Gasteiger partial charge in [-0.25, -0.2) is 0 Å². The van der Waals surface area contributed by atoms with Gasteiger partial charge >= 0.3 is 0 Å². The van der Waals surface area contributed by atoms with Crippen molar-refractivity contribution in [3.63, 3.8) is 0 Å². The number of nitrogens with one attached hydrogen (secondary N) is 1. The molecule has 14 heteroatoms. The summed E-state index contributed by atoms with van der Waals surface area (Å²) >= 11 is 0. The van der Waals surface area contributed by atoms with Crippen molar-refractivity contribution in [1.29, 1.82) is 0 Å². The highest BCUT2D eigenvalue weighted by molar-refractivity contribution is 5.76. The summed E-state index contributed by atoms with van der Waals surface area (Å²) < 4.78 is 22.5. The smallest absolute Gasteiger partial charge is 0.220 e. The van der Waals surface area contributed by atoms with Gasteiger partial charge in [0.15, 0.2) is 12.6 Å². The van der Waals surface area contributed by atoms with E-state index in [2.05, 4.69) is 92.1 Å². The highest BCUT2D eigenvalue weighted by Crippen LogP contribution is 2.30. The Morgan fingerprint density at radius 3 is 1.70 bits per heavy atom. The van der Waals surface area contributed by atoms with Crippen LogP contribution in [0, 0.1) is 0 Å². The Labute approximate surface area is 364 Å². The zero-order valence-electron chi connectivity index (χ0n) is 36.6. The van der Waals surface area contributed by atoms with Gasteiger partial charge in [-0.2, -0.15) is 0 Å². The number of carbonyl (C=O) groups is 1. The number of aliphatic hydroxyl groups is 8. The van der Waals surface area contributed by atoms with Crippen molar-refractivity contribution >= 4 is 5.91 Å². The normalized spacial score (nSPS) is 28.7. The zero-order valence-corrected chi connectivity index (χ0v) is 36.6. The lowest BCUT2D eigenvalue weighted by Gasteiger charge is -2.46. The van der Waals surface area contributed by atoms with Crippen molar-refractivity contribution in [2.75, 3.05) is 19.8 Å². The number of ether oxygens (including phenoxy) is 4. The van der Waals surface area contributed by atoms with Crippen molar-refractivity contribution in [3.8, 4) is 0 Å². The number of allylic oxidation sites excluding steroid dienone is 12. The van der Waals surface area contributed by atoms with Crippen LogP contribution >= 0.6 is 0 Å². The standard InChI is InChI=1S/C47H79NO13/c1-3-5-7-9-10-11-12-13-14-15-16-17-18-19-20-21-22-23-24-25-26-27-29-31-39(52)48-35(36(51)30-28-8-6-4-2)34-58-46-44(57)42(55)45(38(33-50)60-46)61-47-43(56)41(54)40(53)37(32-49)59-47/h5,7,10-11,13-14,16-17,19-20,22-23,35-38,40-47,49-51,53-57H,3-4,6,8-9,12,15,18,21,24-34H2,1-2H3,(H,48,52)/b7-5-,11-10-,14-13-,17-16-,20-19-,23-22-. The molecule has 9 N–H and O–H groups in total. The molecule has 1 amide bonds. The molecule has 0 bridgehead atoms. The summed E-state index contributed by atoms with van der Waals surface area (Å²) in [4.78, 5) is 13.0. The predicted octanol–water partition coefficient (Wildman–Crippen LogP) is 4.48. The lowest BCUT2D eigenvalue weighted by molar-refractivity contribution is -0.359. The minimum Gasteiger partial charge on any atom is -0.394 e. The van der Waals surface area contributed by atoms with Gasteiger partial charge in [0.2, 0.25) is 5.91 Å². The molecule has 0 aromatic carbocycles. The molecule has 2 fully saturated rings. The van der Waals surface area contributed by atoms with E-state index in [0.29, 0.717) is 12.8 Å². The Kier molecular flexibility index (Phi) is 30.3. The van der Waals surface area contributed by atoms with E-state index >= 15 is 0 Å². The Bertz CT molecular complexity index is 1300. The van der Waals surface area contributed by atoms with Gasteiger partial charge < -0.3 is 65.1 Å². The van der Waals surface area contributed by atoms with Crippen molar-refractivity contribution in [1.82, 2.24) is 5.32 Å². The predicted molar refractivity (Wildman–Crippen MR) is 235 cm³/mol. The molecule has 61 heavy (non-hydrogen) atoms. The van der Waals surface area contributed by atoms with E-state index in [0.717, 1.165) is 89.9 Å². The molecule has 2 heterocycles. The number of hydrogen-bond acceptors (Lipinski definition) is 13. The second kappa shape index (κ2) is 33.9. The summed E-state index contributed by atoms with van der Waals surface area (Å²) in [6.45, 7) is 2.54. The summed E-state index contributed by atoms with van der Waals surface area (Å²) in [6, 6.07) is -0.842. The van der Waals surface area contributed by atoms with E-state index < -0.39 is 86.8 Å². The monoisotopic (exact) mass is 866 g/mol. The summed E-state index contributed by atoms with van der Waals surface area (Å²) in [7, 11) is 0. The topological polar surface area (TPSA) is 228 Å². The molecule has 0 radical (unpaired) electrons. The van der Waals surface area contributed by atoms with Gasteiger partial charge in [0, 0.05) is 6.42 Å². The van der Waals surface area contributed by atoms with E-state index in [9.17, 15) is 45.6 Å². The van der Waals surface area contributed by atoms with Crippen molar-refractivity contribution in [2.24, 2.45) is 0 Å². The summed E-state index contributed by atoms with van der Waals surface area (Å²) in [5.41, 5.74) is 0. The molecule has 0 saturated carbocycles. The van der Waals surface area contributed by atoms with Gasteiger partial charge in [0.25, 0.3) is 0 Å². The van der Waals surface area contributed by atoms with Crippen molar-refractivity contribution in [3.05, 3.63) is 72.9 Å². The van der Waals surface area contributed by atoms with E-state index in [1.807, 2.05) is 0 Å². The van der Waals surface area contributed by atoms with Crippen molar-refractivity contribution < 1.29 is 64.6 Å². The minimum absolute atomic E-state index is 0.246. The van der Waals surface area contributed by atoms with Crippen LogP contribution in [-0.4, -0.2) is 140 Å². The number of hydrogen-bond donors (Lipinski definition) is 9.